The Balaban J connectivity index is 2.25. The van der Waals surface area contributed by atoms with Crippen LogP contribution in [0.1, 0.15) is 0 Å². The van der Waals surface area contributed by atoms with Crippen molar-refractivity contribution in [1.29, 1.82) is 0 Å². The van der Waals surface area contributed by atoms with E-state index >= 15 is 0 Å². The number of oxime groups is 1. The predicted molar refractivity (Wildman–Crippen MR) is 43.2 cm³/mol. The Labute approximate surface area is 82.0 Å². The van der Waals surface area contributed by atoms with E-state index in [4.69, 9.17) is 4.94 Å². The molecule has 1 atom stereocenters. The van der Waals surface area contributed by atoms with Crippen LogP contribution >= 0.6 is 0 Å². The topological polar surface area (TPSA) is 24.8 Å². The van der Waals surface area contributed by atoms with E-state index in [-0.39, 0.29) is 27.2 Å². The molecule has 0 amide bonds. The van der Waals surface area contributed by atoms with Crippen molar-refractivity contribution in [1.82, 2.24) is 5.06 Å². The molecule has 0 aromatic rings. The van der Waals surface area contributed by atoms with Gasteiger partial charge in [-0.2, -0.15) is 0 Å². The van der Waals surface area contributed by atoms with E-state index in [0.29, 0.717) is 0 Å². The molecule has 1 heterocycles. The Bertz CT molecular complexity index is 283. The van der Waals surface area contributed by atoms with Gasteiger partial charge in [0.25, 0.3) is 0 Å². The molecule has 0 aromatic heterocycles. The van der Waals surface area contributed by atoms with Crippen molar-refractivity contribution in [3.63, 3.8) is 0 Å². The number of alkyl halides is 1. The first-order valence-corrected chi connectivity index (χ1v) is 6.92. The number of hydroxylamine groups is 2. The fourth-order valence-electron chi connectivity index (χ4n) is 1.22. The van der Waals surface area contributed by atoms with Crippen molar-refractivity contribution >= 4 is 5.71 Å². The monoisotopic (exact) mass is 277 g/mol. The summed E-state index contributed by atoms with van der Waals surface area (Å²) < 4.78 is 1.42. The number of halogens is 1. The molecule has 66 valence electrons. The van der Waals surface area contributed by atoms with Crippen LogP contribution in [0.4, 0.5) is 0 Å². The predicted octanol–water partition coefficient (Wildman–Crippen LogP) is -2.24. The van der Waals surface area contributed by atoms with Crippen LogP contribution < -0.4 is 21.2 Å². The van der Waals surface area contributed by atoms with Crippen molar-refractivity contribution in [2.45, 2.75) is 6.04 Å². The first-order valence-electron chi connectivity index (χ1n) is 3.68. The minimum atomic E-state index is 0.166. The second-order valence-electron chi connectivity index (χ2n) is 2.67. The molecule has 1 aliphatic heterocycles. The summed E-state index contributed by atoms with van der Waals surface area (Å²) in [6.45, 7) is 0. The van der Waals surface area contributed by atoms with Gasteiger partial charge in [0.15, 0.2) is 0 Å². The van der Waals surface area contributed by atoms with Gasteiger partial charge in [-0.25, -0.2) is 0 Å². The molecule has 2 rings (SSSR count). The first-order chi connectivity index (χ1) is 5.81. The summed E-state index contributed by atoms with van der Waals surface area (Å²) in [5, 5.41) is 5.73. The zero-order valence-electron chi connectivity index (χ0n) is 6.99. The Morgan fingerprint density at radius 1 is 1.67 bits per heavy atom. The molecule has 0 spiro atoms. The van der Waals surface area contributed by atoms with Gasteiger partial charge < -0.3 is 0 Å². The van der Waals surface area contributed by atoms with E-state index in [1.165, 1.54) is 3.58 Å². The summed E-state index contributed by atoms with van der Waals surface area (Å²) in [4.78, 5) is 7.28. The number of hydrogen-bond donors (Lipinski definition) is 0. The third-order valence-corrected chi connectivity index (χ3v) is 3.83. The Morgan fingerprint density at radius 2 is 2.50 bits per heavy atom. The molecule has 3 nitrogen and oxygen atoms in total. The Kier molecular flexibility index (Phi) is 2.18. The number of fused-ring (bicyclic) bond motifs is 1. The van der Waals surface area contributed by atoms with Crippen molar-refractivity contribution < 1.29 is 26.1 Å². The van der Waals surface area contributed by atoms with Crippen LogP contribution in [-0.2, 0) is 4.94 Å². The van der Waals surface area contributed by atoms with Crippen molar-refractivity contribution in [2.75, 3.05) is 12.0 Å². The molecule has 0 N–H and O–H groups in total. The number of hydrogen-bond acceptors (Lipinski definition) is 3. The standard InChI is InChI=1S/C8H10IN2O/c1-9-6-3-4-8-7(5-6)10-12-11(8)2/h3-5,8H,1-2H3/q-1. The Morgan fingerprint density at radius 3 is 3.25 bits per heavy atom. The number of allylic oxidation sites excluding steroid dienone is 2. The summed E-state index contributed by atoms with van der Waals surface area (Å²) >= 11 is 0.166. The average molecular weight is 277 g/mol. The van der Waals surface area contributed by atoms with Gasteiger partial charge in [0.2, 0.25) is 0 Å². The van der Waals surface area contributed by atoms with Crippen molar-refractivity contribution in [3.8, 4) is 0 Å². The fourth-order valence-corrected chi connectivity index (χ4v) is 2.42. The zero-order valence-corrected chi connectivity index (χ0v) is 9.15. The molecule has 0 aromatic carbocycles. The average Bonchev–Trinajstić information content (AvgIpc) is 2.47. The molecule has 4 heteroatoms. The van der Waals surface area contributed by atoms with Gasteiger partial charge in [0.05, 0.1) is 0 Å². The number of nitrogens with zero attached hydrogens (tertiary/aromatic N) is 2. The third kappa shape index (κ3) is 1.29. The van der Waals surface area contributed by atoms with Crippen molar-refractivity contribution in [2.24, 2.45) is 5.16 Å². The number of rotatable bonds is 1. The second kappa shape index (κ2) is 3.18. The van der Waals surface area contributed by atoms with Gasteiger partial charge in [-0.15, -0.1) is 0 Å². The number of likely N-dealkylation sites (N-methyl/N-ethyl adjacent to an activating group) is 1. The maximum absolute atomic E-state index is 5.03. The third-order valence-electron chi connectivity index (χ3n) is 1.91. The van der Waals surface area contributed by atoms with E-state index < -0.39 is 0 Å². The summed E-state index contributed by atoms with van der Waals surface area (Å²) in [7, 11) is 1.89. The van der Waals surface area contributed by atoms with E-state index in [9.17, 15) is 0 Å². The summed E-state index contributed by atoms with van der Waals surface area (Å²) in [6, 6.07) is 0.240. The molecule has 0 saturated carbocycles. The van der Waals surface area contributed by atoms with Gasteiger partial charge >= 0.3 is 81.9 Å². The zero-order chi connectivity index (χ0) is 8.55. The van der Waals surface area contributed by atoms with Gasteiger partial charge in [-0.3, -0.25) is 0 Å². The minimum absolute atomic E-state index is 0.166. The molecule has 12 heavy (non-hydrogen) atoms. The molecule has 1 unspecified atom stereocenters. The Hall–Kier alpha value is -0.360. The van der Waals surface area contributed by atoms with Gasteiger partial charge in [-0.1, -0.05) is 0 Å². The van der Waals surface area contributed by atoms with E-state index in [2.05, 4.69) is 28.3 Å². The molecule has 0 bridgehead atoms. The van der Waals surface area contributed by atoms with Gasteiger partial charge in [0, 0.05) is 0 Å². The molecule has 0 fully saturated rings. The summed E-state index contributed by atoms with van der Waals surface area (Å²) in [6.07, 6.45) is 6.47. The molecule has 1 aliphatic carbocycles. The van der Waals surface area contributed by atoms with Crippen LogP contribution in [-0.4, -0.2) is 28.8 Å². The first kappa shape index (κ1) is 8.25. The van der Waals surface area contributed by atoms with Crippen LogP contribution in [0, 0.1) is 0 Å². The van der Waals surface area contributed by atoms with Crippen molar-refractivity contribution in [3.05, 3.63) is 21.8 Å². The molecule has 0 saturated heterocycles. The summed E-state index contributed by atoms with van der Waals surface area (Å²) in [5.41, 5.74) is 1.04. The molecular formula is C8H10IN2O-. The van der Waals surface area contributed by atoms with E-state index in [0.717, 1.165) is 5.71 Å². The molecular weight excluding hydrogens is 267 g/mol. The van der Waals surface area contributed by atoms with Crippen LogP contribution in [0.2, 0.25) is 0 Å². The second-order valence-corrected chi connectivity index (χ2v) is 4.99. The van der Waals surface area contributed by atoms with Gasteiger partial charge in [0.1, 0.15) is 0 Å². The van der Waals surface area contributed by atoms with Crippen LogP contribution in [0.15, 0.2) is 27.0 Å². The van der Waals surface area contributed by atoms with E-state index in [1.54, 1.807) is 5.06 Å². The normalized spacial score (nSPS) is 28.0. The quantitative estimate of drug-likeness (QED) is 0.400. The maximum atomic E-state index is 5.03. The van der Waals surface area contributed by atoms with Crippen LogP contribution in [0.25, 0.3) is 0 Å². The van der Waals surface area contributed by atoms with E-state index in [1.807, 2.05) is 7.05 Å². The SMILES string of the molecule is C[I-]C1=CC2=NON(C)C2C=C1. The van der Waals surface area contributed by atoms with Crippen LogP contribution in [0.5, 0.6) is 0 Å². The van der Waals surface area contributed by atoms with Crippen LogP contribution in [0.3, 0.4) is 0 Å². The molecule has 2 aliphatic rings. The van der Waals surface area contributed by atoms with Gasteiger partial charge in [-0.05, 0) is 0 Å². The molecule has 0 radical (unpaired) electrons. The summed E-state index contributed by atoms with van der Waals surface area (Å²) in [5.74, 6) is 0. The fraction of sp³-hybridized carbons (Fsp3) is 0.375.